The van der Waals surface area contributed by atoms with Crippen molar-refractivity contribution >= 4 is 23.4 Å². The average molecular weight is 733 g/mol. The molecule has 4 heterocycles. The van der Waals surface area contributed by atoms with Crippen LogP contribution in [0, 0.1) is 6.92 Å². The van der Waals surface area contributed by atoms with Crippen molar-refractivity contribution in [2.75, 3.05) is 63.7 Å². The lowest BCUT2D eigenvalue weighted by Gasteiger charge is -2.55. The summed E-state index contributed by atoms with van der Waals surface area (Å²) in [6.45, 7) is 10.4. The van der Waals surface area contributed by atoms with Gasteiger partial charge in [0, 0.05) is 68.1 Å². The van der Waals surface area contributed by atoms with Crippen molar-refractivity contribution in [3.63, 3.8) is 0 Å². The minimum Gasteiger partial charge on any atom is -0.426 e. The number of ether oxygens (including phenoxy) is 2. The van der Waals surface area contributed by atoms with Crippen molar-refractivity contribution in [1.82, 2.24) is 20.1 Å². The van der Waals surface area contributed by atoms with E-state index in [0.717, 1.165) is 99.6 Å². The van der Waals surface area contributed by atoms with Gasteiger partial charge in [0.15, 0.2) is 0 Å². The van der Waals surface area contributed by atoms with Crippen LogP contribution in [0.1, 0.15) is 77.4 Å². The lowest BCUT2D eigenvalue weighted by Crippen LogP contribution is -2.69. The molecule has 3 atom stereocenters. The standard InChI is InChI=1S/C43H53N7O4/c1-32-13-18-38(28-39(32)47-43-20-7-8-23-49(43)40(19-22-45-43)37-12-9-21-44-29-37)46-41(51)36-16-14-34(15-17-36)30-48-24-26-50(3,27-25-48)31-53-42(52)54-33(2)35-10-5-4-6-11-35/h4-6,9-18,21,28-29,33,40,45,47H,7-8,19-20,22-27,30-31H2,1-3H3/p+1/t33-,40?,43-/m1/s1. The molecule has 1 aromatic heterocycles. The topological polar surface area (TPSA) is 108 Å². The molecule has 3 saturated heterocycles. The highest BCUT2D eigenvalue weighted by atomic mass is 16.7. The molecule has 0 bridgehead atoms. The summed E-state index contributed by atoms with van der Waals surface area (Å²) in [7, 11) is 2.11. The van der Waals surface area contributed by atoms with Crippen LogP contribution in [0.4, 0.5) is 16.2 Å². The van der Waals surface area contributed by atoms with E-state index in [9.17, 15) is 9.59 Å². The number of nitrogens with zero attached hydrogens (tertiary/aromatic N) is 4. The number of hydrogen-bond acceptors (Lipinski definition) is 9. The van der Waals surface area contributed by atoms with E-state index in [-0.39, 0.29) is 24.5 Å². The van der Waals surface area contributed by atoms with Gasteiger partial charge in [-0.05, 0) is 92.1 Å². The Morgan fingerprint density at radius 2 is 1.80 bits per heavy atom. The van der Waals surface area contributed by atoms with Gasteiger partial charge in [0.1, 0.15) is 11.9 Å². The molecule has 3 N–H and O–H groups in total. The Balaban J connectivity index is 0.904. The van der Waals surface area contributed by atoms with Crippen LogP contribution < -0.4 is 16.0 Å². The fourth-order valence-electron chi connectivity index (χ4n) is 8.01. The summed E-state index contributed by atoms with van der Waals surface area (Å²) >= 11 is 0. The molecule has 7 rings (SSSR count). The van der Waals surface area contributed by atoms with Gasteiger partial charge in [0.25, 0.3) is 5.91 Å². The van der Waals surface area contributed by atoms with Crippen molar-refractivity contribution in [3.05, 3.63) is 125 Å². The molecule has 3 fully saturated rings. The number of nitrogens with one attached hydrogen (secondary N) is 3. The maximum atomic E-state index is 13.4. The largest absolute Gasteiger partial charge is 0.513 e. The van der Waals surface area contributed by atoms with E-state index in [1.54, 1.807) is 0 Å². The Morgan fingerprint density at radius 3 is 2.56 bits per heavy atom. The van der Waals surface area contributed by atoms with E-state index >= 15 is 0 Å². The Bertz CT molecular complexity index is 1860. The van der Waals surface area contributed by atoms with Crippen molar-refractivity contribution < 1.29 is 23.5 Å². The normalized spacial score (nSPS) is 22.0. The second-order valence-electron chi connectivity index (χ2n) is 15.4. The predicted octanol–water partition coefficient (Wildman–Crippen LogP) is 7.06. The maximum Gasteiger partial charge on any atom is 0.513 e. The van der Waals surface area contributed by atoms with Gasteiger partial charge in [-0.3, -0.25) is 29.4 Å². The molecule has 0 aliphatic carbocycles. The average Bonchev–Trinajstić information content (AvgIpc) is 3.20. The van der Waals surface area contributed by atoms with Crippen LogP contribution in [0.25, 0.3) is 0 Å². The molecule has 3 aliphatic rings. The summed E-state index contributed by atoms with van der Waals surface area (Å²) in [5.41, 5.74) is 6.85. The van der Waals surface area contributed by atoms with Crippen LogP contribution in [0.15, 0.2) is 97.3 Å². The van der Waals surface area contributed by atoms with Gasteiger partial charge in [-0.1, -0.05) is 54.6 Å². The van der Waals surface area contributed by atoms with E-state index in [1.807, 2.05) is 86.0 Å². The Hall–Kier alpha value is -4.81. The van der Waals surface area contributed by atoms with E-state index in [1.165, 1.54) is 5.56 Å². The molecular formula is C43H54N7O4+. The van der Waals surface area contributed by atoms with Crippen LogP contribution in [0.2, 0.25) is 0 Å². The van der Waals surface area contributed by atoms with Gasteiger partial charge in [0.05, 0.1) is 20.1 Å². The van der Waals surface area contributed by atoms with Gasteiger partial charge < -0.3 is 20.1 Å². The van der Waals surface area contributed by atoms with E-state index < -0.39 is 6.16 Å². The molecule has 4 aromatic rings. The second-order valence-corrected chi connectivity index (χ2v) is 15.4. The first-order chi connectivity index (χ1) is 26.2. The highest BCUT2D eigenvalue weighted by molar-refractivity contribution is 6.04. The third kappa shape index (κ3) is 8.93. The fraction of sp³-hybridized carbons (Fsp3) is 0.419. The molecule has 284 valence electrons. The van der Waals surface area contributed by atoms with E-state index in [4.69, 9.17) is 9.47 Å². The lowest BCUT2D eigenvalue weighted by atomic mass is 9.91. The first kappa shape index (κ1) is 37.5. The van der Waals surface area contributed by atoms with Crippen molar-refractivity contribution in [2.45, 2.75) is 64.0 Å². The van der Waals surface area contributed by atoms with Crippen LogP contribution >= 0.6 is 0 Å². The number of hydrogen-bond donors (Lipinski definition) is 3. The van der Waals surface area contributed by atoms with Crippen LogP contribution in [-0.2, 0) is 16.0 Å². The molecule has 54 heavy (non-hydrogen) atoms. The minimum absolute atomic E-state index is 0.135. The molecule has 1 unspecified atom stereocenters. The second kappa shape index (κ2) is 16.7. The van der Waals surface area contributed by atoms with Crippen LogP contribution in [0.5, 0.6) is 0 Å². The first-order valence-corrected chi connectivity index (χ1v) is 19.3. The zero-order valence-electron chi connectivity index (χ0n) is 31.8. The van der Waals surface area contributed by atoms with Gasteiger partial charge in [-0.2, -0.15) is 0 Å². The highest BCUT2D eigenvalue weighted by Crippen LogP contribution is 2.40. The first-order valence-electron chi connectivity index (χ1n) is 19.3. The maximum absolute atomic E-state index is 13.4. The molecule has 0 radical (unpaired) electrons. The zero-order valence-corrected chi connectivity index (χ0v) is 31.8. The Morgan fingerprint density at radius 1 is 1.00 bits per heavy atom. The number of rotatable bonds is 11. The number of benzene rings is 3. The Kier molecular flexibility index (Phi) is 11.6. The quantitative estimate of drug-likeness (QED) is 0.110. The highest BCUT2D eigenvalue weighted by Gasteiger charge is 2.45. The number of fused-ring (bicyclic) bond motifs is 1. The summed E-state index contributed by atoms with van der Waals surface area (Å²) in [5.74, 6) is -0.501. The summed E-state index contributed by atoms with van der Waals surface area (Å²) < 4.78 is 11.7. The predicted molar refractivity (Wildman–Crippen MR) is 211 cm³/mol. The van der Waals surface area contributed by atoms with Crippen molar-refractivity contribution in [2.24, 2.45) is 0 Å². The number of piperazine rings is 1. The monoisotopic (exact) mass is 732 g/mol. The molecule has 0 saturated carbocycles. The fourth-order valence-corrected chi connectivity index (χ4v) is 8.01. The lowest BCUT2D eigenvalue weighted by molar-refractivity contribution is -0.929. The molecule has 3 aliphatic heterocycles. The molecule has 1 amide bonds. The van der Waals surface area contributed by atoms with Crippen molar-refractivity contribution in [3.8, 4) is 0 Å². The number of likely N-dealkylation sites (N-methyl/N-ethyl adjacent to an activating group) is 1. The summed E-state index contributed by atoms with van der Waals surface area (Å²) in [6, 6.07) is 28.1. The zero-order chi connectivity index (χ0) is 37.5. The molecule has 11 nitrogen and oxygen atoms in total. The number of carbonyl (C=O) groups excluding carboxylic acids is 2. The SMILES string of the molecule is Cc1ccc(NC(=O)c2ccc(CN3CC[N+](C)(COC(=O)O[C@H](C)c4ccccc4)CC3)cc2)cc1N[C@]12CCCCN1C(c1cccnc1)CCN2. The minimum atomic E-state index is -0.639. The number of aromatic nitrogens is 1. The number of anilines is 2. The van der Waals surface area contributed by atoms with E-state index in [2.05, 4.69) is 62.9 Å². The van der Waals surface area contributed by atoms with Crippen LogP contribution in [0.3, 0.4) is 0 Å². The van der Waals surface area contributed by atoms with Gasteiger partial charge in [-0.15, -0.1) is 0 Å². The summed E-state index contributed by atoms with van der Waals surface area (Å²) in [6.07, 6.45) is 7.15. The summed E-state index contributed by atoms with van der Waals surface area (Å²) in [4.78, 5) is 35.2. The van der Waals surface area contributed by atoms with E-state index in [0.29, 0.717) is 16.1 Å². The Labute approximate surface area is 319 Å². The smallest absolute Gasteiger partial charge is 0.426 e. The number of carbonyl (C=O) groups is 2. The van der Waals surface area contributed by atoms with Gasteiger partial charge >= 0.3 is 6.16 Å². The molecule has 11 heteroatoms. The molecule has 0 spiro atoms. The number of pyridine rings is 1. The van der Waals surface area contributed by atoms with Gasteiger partial charge in [0.2, 0.25) is 6.73 Å². The van der Waals surface area contributed by atoms with Gasteiger partial charge in [-0.25, -0.2) is 4.79 Å². The van der Waals surface area contributed by atoms with Crippen LogP contribution in [-0.4, -0.2) is 90.2 Å². The number of piperidine rings is 1. The number of amides is 1. The third-order valence-electron chi connectivity index (χ3n) is 11.4. The number of quaternary nitrogens is 1. The molecular weight excluding hydrogens is 679 g/mol. The third-order valence-corrected chi connectivity index (χ3v) is 11.4. The van der Waals surface area contributed by atoms with Crippen molar-refractivity contribution in [1.29, 1.82) is 0 Å². The molecule has 3 aromatic carbocycles. The number of aryl methyl sites for hydroxylation is 1. The summed E-state index contributed by atoms with van der Waals surface area (Å²) in [5, 5.41) is 10.9.